The lowest BCUT2D eigenvalue weighted by Gasteiger charge is -2.30. The highest BCUT2D eigenvalue weighted by atomic mass is 35.5. The molecule has 3 heterocycles. The van der Waals surface area contributed by atoms with Crippen LogP contribution in [0.3, 0.4) is 0 Å². The van der Waals surface area contributed by atoms with Crippen molar-refractivity contribution in [1.82, 2.24) is 26.4 Å². The molecule has 1 amide bonds. The molecule has 9 heteroatoms. The van der Waals surface area contributed by atoms with Crippen molar-refractivity contribution in [3.8, 4) is 0 Å². The van der Waals surface area contributed by atoms with E-state index in [0.717, 1.165) is 38.0 Å². The second-order valence-corrected chi connectivity index (χ2v) is 7.94. The Morgan fingerprint density at radius 1 is 1.33 bits per heavy atom. The molecular formula is C18H26Cl2FN5O. The molecule has 3 saturated heterocycles. The summed E-state index contributed by atoms with van der Waals surface area (Å²) in [5, 5.41) is 6.68. The van der Waals surface area contributed by atoms with Gasteiger partial charge in [-0.25, -0.2) is 9.82 Å². The lowest BCUT2D eigenvalue weighted by Crippen LogP contribution is -2.52. The molecule has 1 aromatic rings. The highest BCUT2D eigenvalue weighted by Gasteiger charge is 2.43. The first-order chi connectivity index (χ1) is 12.5. The number of likely N-dealkylation sites (N-methyl/N-ethyl adjacent to an activating group) is 1. The number of fused-ring (bicyclic) bond motifs is 1. The first kappa shape index (κ1) is 20.8. The molecular weight excluding hydrogens is 392 g/mol. The van der Waals surface area contributed by atoms with Gasteiger partial charge in [-0.1, -0.05) is 17.7 Å². The zero-order valence-electron chi connectivity index (χ0n) is 15.2. The van der Waals surface area contributed by atoms with E-state index in [4.69, 9.17) is 11.6 Å². The van der Waals surface area contributed by atoms with Gasteiger partial charge in [0.1, 0.15) is 11.9 Å². The summed E-state index contributed by atoms with van der Waals surface area (Å²) in [6, 6.07) is 4.88. The van der Waals surface area contributed by atoms with Crippen LogP contribution in [0.15, 0.2) is 18.2 Å². The summed E-state index contributed by atoms with van der Waals surface area (Å²) in [4.78, 5) is 15.1. The average molecular weight is 418 g/mol. The van der Waals surface area contributed by atoms with E-state index < -0.39 is 5.82 Å². The van der Waals surface area contributed by atoms with E-state index in [0.29, 0.717) is 6.04 Å². The second-order valence-electron chi connectivity index (χ2n) is 7.53. The maximum atomic E-state index is 13.9. The fourth-order valence-corrected chi connectivity index (χ4v) is 4.65. The number of likely N-dealkylation sites (tertiary alicyclic amines) is 1. The fourth-order valence-electron chi connectivity index (χ4n) is 4.53. The molecule has 3 fully saturated rings. The van der Waals surface area contributed by atoms with E-state index in [1.807, 2.05) is 13.1 Å². The van der Waals surface area contributed by atoms with Crippen LogP contribution in [0.5, 0.6) is 0 Å². The van der Waals surface area contributed by atoms with Crippen LogP contribution in [0, 0.1) is 11.7 Å². The molecule has 4 N–H and O–H groups in total. The van der Waals surface area contributed by atoms with Gasteiger partial charge in [0.15, 0.2) is 0 Å². The third-order valence-electron chi connectivity index (χ3n) is 5.93. The van der Waals surface area contributed by atoms with Gasteiger partial charge in [0, 0.05) is 31.1 Å². The number of carbonyl (C=O) groups excluding carboxylic acids is 1. The predicted molar refractivity (Wildman–Crippen MR) is 105 cm³/mol. The minimum Gasteiger partial charge on any atom is -0.350 e. The van der Waals surface area contributed by atoms with Gasteiger partial charge in [-0.2, -0.15) is 0 Å². The largest absolute Gasteiger partial charge is 0.350 e. The van der Waals surface area contributed by atoms with Gasteiger partial charge in [0.05, 0.1) is 11.1 Å². The van der Waals surface area contributed by atoms with Crippen LogP contribution in [0.4, 0.5) is 4.39 Å². The highest BCUT2D eigenvalue weighted by molar-refractivity contribution is 6.30. The molecule has 0 aliphatic carbocycles. The third kappa shape index (κ3) is 4.09. The molecule has 5 atom stereocenters. The van der Waals surface area contributed by atoms with Crippen LogP contribution in [0.2, 0.25) is 5.02 Å². The molecule has 27 heavy (non-hydrogen) atoms. The van der Waals surface area contributed by atoms with E-state index in [9.17, 15) is 9.18 Å². The van der Waals surface area contributed by atoms with Crippen LogP contribution in [0.1, 0.15) is 24.4 Å². The molecule has 0 spiro atoms. The summed E-state index contributed by atoms with van der Waals surface area (Å²) in [6.45, 7) is 2.66. The second kappa shape index (κ2) is 8.59. The number of rotatable bonds is 3. The van der Waals surface area contributed by atoms with Crippen molar-refractivity contribution in [3.05, 3.63) is 34.6 Å². The van der Waals surface area contributed by atoms with E-state index >= 15 is 0 Å². The van der Waals surface area contributed by atoms with Crippen LogP contribution < -0.4 is 21.5 Å². The van der Waals surface area contributed by atoms with Gasteiger partial charge >= 0.3 is 0 Å². The van der Waals surface area contributed by atoms with Crippen molar-refractivity contribution in [3.63, 3.8) is 0 Å². The number of hydrogen-bond donors (Lipinski definition) is 4. The Morgan fingerprint density at radius 3 is 2.93 bits per heavy atom. The monoisotopic (exact) mass is 417 g/mol. The van der Waals surface area contributed by atoms with Crippen LogP contribution in [-0.4, -0.2) is 55.6 Å². The molecule has 0 aromatic heterocycles. The summed E-state index contributed by atoms with van der Waals surface area (Å²) < 4.78 is 13.9. The quantitative estimate of drug-likeness (QED) is 0.595. The Morgan fingerprint density at radius 2 is 2.15 bits per heavy atom. The fraction of sp³-hybridized carbons (Fsp3) is 0.611. The number of hydrogen-bond acceptors (Lipinski definition) is 5. The summed E-state index contributed by atoms with van der Waals surface area (Å²) in [7, 11) is 2.00. The van der Waals surface area contributed by atoms with Crippen molar-refractivity contribution in [2.24, 2.45) is 5.92 Å². The lowest BCUT2D eigenvalue weighted by molar-refractivity contribution is -0.124. The molecule has 0 bridgehead atoms. The number of halogens is 3. The van der Waals surface area contributed by atoms with E-state index in [-0.39, 0.29) is 47.4 Å². The Kier molecular flexibility index (Phi) is 6.61. The average Bonchev–Trinajstić information content (AvgIpc) is 3.21. The van der Waals surface area contributed by atoms with Crippen LogP contribution in [0.25, 0.3) is 0 Å². The standard InChI is InChI=1S/C18H25ClFN5O.ClH/c1-25-7-5-15(17(25)10-2-3-12(19)13(20)8-10)22-18(26)16-11-9-21-6-4-14(11)23-24-16;/h2-3,8,11,14-17,21,23-24H,4-7,9H2,1H3,(H,22,26);1H. The summed E-state index contributed by atoms with van der Waals surface area (Å²) in [5.41, 5.74) is 7.26. The van der Waals surface area contributed by atoms with Crippen LogP contribution >= 0.6 is 24.0 Å². The highest BCUT2D eigenvalue weighted by Crippen LogP contribution is 2.33. The summed E-state index contributed by atoms with van der Waals surface area (Å²) in [5.74, 6) is -0.171. The number of nitrogens with one attached hydrogen (secondary N) is 4. The minimum absolute atomic E-state index is 0. The molecule has 4 rings (SSSR count). The van der Waals surface area contributed by atoms with Crippen molar-refractivity contribution in [1.29, 1.82) is 0 Å². The number of amides is 1. The van der Waals surface area contributed by atoms with E-state index in [2.05, 4.69) is 26.4 Å². The minimum atomic E-state index is -0.424. The zero-order chi connectivity index (χ0) is 18.3. The number of carbonyl (C=O) groups is 1. The predicted octanol–water partition coefficient (Wildman–Crippen LogP) is 1.22. The number of hydrazine groups is 1. The molecule has 150 valence electrons. The molecule has 0 saturated carbocycles. The summed E-state index contributed by atoms with van der Waals surface area (Å²) >= 11 is 5.82. The van der Waals surface area contributed by atoms with Gasteiger partial charge in [0.25, 0.3) is 0 Å². The normalized spacial score (nSPS) is 33.4. The maximum absolute atomic E-state index is 13.9. The molecule has 5 unspecified atom stereocenters. The van der Waals surface area contributed by atoms with Gasteiger partial charge in [0.2, 0.25) is 5.91 Å². The number of benzene rings is 1. The van der Waals surface area contributed by atoms with Gasteiger partial charge in [-0.15, -0.1) is 12.4 Å². The SMILES string of the molecule is CN1CCC(NC(=O)C2NNC3CCNCC32)C1c1ccc(Cl)c(F)c1.Cl. The Labute approximate surface area is 170 Å². The molecule has 6 nitrogen and oxygen atoms in total. The zero-order valence-corrected chi connectivity index (χ0v) is 16.7. The first-order valence-electron chi connectivity index (χ1n) is 9.22. The van der Waals surface area contributed by atoms with E-state index in [1.165, 1.54) is 6.07 Å². The Hall–Kier alpha value is -0.960. The Balaban J connectivity index is 0.00000210. The number of nitrogens with zero attached hydrogens (tertiary/aromatic N) is 1. The lowest BCUT2D eigenvalue weighted by atomic mass is 9.88. The number of piperidine rings is 1. The third-order valence-corrected chi connectivity index (χ3v) is 6.23. The summed E-state index contributed by atoms with van der Waals surface area (Å²) in [6.07, 6.45) is 1.85. The van der Waals surface area contributed by atoms with Crippen molar-refractivity contribution in [2.75, 3.05) is 26.7 Å². The van der Waals surface area contributed by atoms with Crippen molar-refractivity contribution in [2.45, 2.75) is 37.0 Å². The molecule has 0 radical (unpaired) electrons. The van der Waals surface area contributed by atoms with E-state index in [1.54, 1.807) is 6.07 Å². The van der Waals surface area contributed by atoms with Gasteiger partial charge in [-0.05, 0) is 44.1 Å². The van der Waals surface area contributed by atoms with Gasteiger partial charge < -0.3 is 10.6 Å². The topological polar surface area (TPSA) is 68.4 Å². The molecule has 1 aromatic carbocycles. The van der Waals surface area contributed by atoms with Crippen LogP contribution in [-0.2, 0) is 4.79 Å². The van der Waals surface area contributed by atoms with Gasteiger partial charge in [-0.3, -0.25) is 15.1 Å². The smallest absolute Gasteiger partial charge is 0.239 e. The Bertz CT molecular complexity index is 694. The van der Waals surface area contributed by atoms with Crippen molar-refractivity contribution >= 4 is 29.9 Å². The molecule has 3 aliphatic heterocycles. The first-order valence-corrected chi connectivity index (χ1v) is 9.59. The van der Waals surface area contributed by atoms with Crippen molar-refractivity contribution < 1.29 is 9.18 Å². The molecule has 3 aliphatic rings. The maximum Gasteiger partial charge on any atom is 0.239 e.